The molecule has 0 saturated carbocycles. The summed E-state index contributed by atoms with van der Waals surface area (Å²) in [4.78, 5) is 11.7. The summed E-state index contributed by atoms with van der Waals surface area (Å²) in [6, 6.07) is 0. The molecule has 2 fully saturated rings. The van der Waals surface area contributed by atoms with Gasteiger partial charge in [-0.1, -0.05) is 6.92 Å². The second-order valence-electron chi connectivity index (χ2n) is 3.89. The molecule has 2 aliphatic heterocycles. The minimum absolute atomic E-state index is 0.0469. The minimum atomic E-state index is -0.0469. The van der Waals surface area contributed by atoms with Gasteiger partial charge in [-0.2, -0.15) is 0 Å². The van der Waals surface area contributed by atoms with Crippen molar-refractivity contribution in [1.29, 1.82) is 0 Å². The van der Waals surface area contributed by atoms with Gasteiger partial charge in [-0.05, 0) is 5.92 Å². The molecular weight excluding hydrogens is 152 g/mol. The molecule has 2 heterocycles. The second kappa shape index (κ2) is 2.82. The maximum Gasteiger partial charge on any atom is 0.141 e. The van der Waals surface area contributed by atoms with Gasteiger partial charge < -0.3 is 10.6 Å². The second-order valence-corrected chi connectivity index (χ2v) is 3.89. The molecule has 2 aliphatic rings. The van der Waals surface area contributed by atoms with E-state index in [0.29, 0.717) is 18.1 Å². The summed E-state index contributed by atoms with van der Waals surface area (Å²) < 4.78 is 0. The Hall–Kier alpha value is -0.410. The summed E-state index contributed by atoms with van der Waals surface area (Å²) >= 11 is 0. The predicted octanol–water partition coefficient (Wildman–Crippen LogP) is -0.225. The van der Waals surface area contributed by atoms with E-state index in [1.165, 1.54) is 0 Å². The Balaban J connectivity index is 2.21. The van der Waals surface area contributed by atoms with Crippen molar-refractivity contribution in [2.75, 3.05) is 26.2 Å². The first kappa shape index (κ1) is 8.20. The van der Waals surface area contributed by atoms with Crippen LogP contribution in [-0.2, 0) is 4.79 Å². The molecule has 3 heteroatoms. The molecule has 12 heavy (non-hydrogen) atoms. The third-order valence-electron chi connectivity index (χ3n) is 3.32. The molecule has 0 radical (unpaired) electrons. The summed E-state index contributed by atoms with van der Waals surface area (Å²) in [5.74, 6) is 0.979. The number of carbonyl (C=O) groups excluding carboxylic acids is 1. The molecule has 2 saturated heterocycles. The predicted molar refractivity (Wildman–Crippen MR) is 47.0 cm³/mol. The van der Waals surface area contributed by atoms with Crippen LogP contribution in [0.5, 0.6) is 0 Å². The molecule has 2 N–H and O–H groups in total. The summed E-state index contributed by atoms with van der Waals surface area (Å²) in [6.07, 6.45) is 0.680. The van der Waals surface area contributed by atoms with Gasteiger partial charge in [-0.3, -0.25) is 4.79 Å². The molecule has 0 bridgehead atoms. The fourth-order valence-corrected chi connectivity index (χ4v) is 2.53. The largest absolute Gasteiger partial charge is 0.315 e. The maximum absolute atomic E-state index is 11.7. The molecular formula is C9H16N2O. The monoisotopic (exact) mass is 168 g/mol. The van der Waals surface area contributed by atoms with Gasteiger partial charge in [0.1, 0.15) is 5.78 Å². The van der Waals surface area contributed by atoms with E-state index in [1.54, 1.807) is 0 Å². The van der Waals surface area contributed by atoms with Crippen LogP contribution in [0.3, 0.4) is 0 Å². The Bertz CT molecular complexity index is 193. The average molecular weight is 168 g/mol. The van der Waals surface area contributed by atoms with Crippen LogP contribution >= 0.6 is 0 Å². The van der Waals surface area contributed by atoms with E-state index >= 15 is 0 Å². The highest BCUT2D eigenvalue weighted by Crippen LogP contribution is 2.36. The van der Waals surface area contributed by atoms with E-state index in [-0.39, 0.29) is 5.41 Å². The number of nitrogens with one attached hydrogen (secondary N) is 2. The first-order chi connectivity index (χ1) is 5.79. The van der Waals surface area contributed by atoms with Crippen LogP contribution in [0.25, 0.3) is 0 Å². The Kier molecular flexibility index (Phi) is 1.93. The molecule has 0 aliphatic carbocycles. The van der Waals surface area contributed by atoms with E-state index in [4.69, 9.17) is 0 Å². The lowest BCUT2D eigenvalue weighted by Crippen LogP contribution is -2.39. The van der Waals surface area contributed by atoms with Crippen LogP contribution in [0.15, 0.2) is 0 Å². The van der Waals surface area contributed by atoms with Crippen molar-refractivity contribution in [3.63, 3.8) is 0 Å². The summed E-state index contributed by atoms with van der Waals surface area (Å²) in [7, 11) is 0. The smallest absolute Gasteiger partial charge is 0.141 e. The molecule has 0 atom stereocenters. The molecule has 2 rings (SSSR count). The Morgan fingerprint density at radius 1 is 1.42 bits per heavy atom. The molecule has 0 unspecified atom stereocenters. The topological polar surface area (TPSA) is 41.1 Å². The molecule has 0 aromatic heterocycles. The average Bonchev–Trinajstić information content (AvgIpc) is 2.60. The van der Waals surface area contributed by atoms with Gasteiger partial charge in [0.05, 0.1) is 5.41 Å². The van der Waals surface area contributed by atoms with Crippen molar-refractivity contribution in [2.24, 2.45) is 11.3 Å². The van der Waals surface area contributed by atoms with Crippen molar-refractivity contribution in [2.45, 2.75) is 13.3 Å². The van der Waals surface area contributed by atoms with E-state index < -0.39 is 0 Å². The van der Waals surface area contributed by atoms with Crippen molar-refractivity contribution >= 4 is 5.78 Å². The third-order valence-corrected chi connectivity index (χ3v) is 3.32. The fourth-order valence-electron chi connectivity index (χ4n) is 2.53. The van der Waals surface area contributed by atoms with Crippen molar-refractivity contribution < 1.29 is 4.79 Å². The summed E-state index contributed by atoms with van der Waals surface area (Å²) in [5, 5.41) is 6.64. The highest BCUT2D eigenvalue weighted by Gasteiger charge is 2.50. The van der Waals surface area contributed by atoms with Gasteiger partial charge in [0, 0.05) is 32.6 Å². The van der Waals surface area contributed by atoms with Crippen LogP contribution in [-0.4, -0.2) is 32.0 Å². The first-order valence-corrected chi connectivity index (χ1v) is 4.74. The Morgan fingerprint density at radius 2 is 2.00 bits per heavy atom. The highest BCUT2D eigenvalue weighted by molar-refractivity contribution is 5.86. The molecule has 0 aromatic carbocycles. The lowest BCUT2D eigenvalue weighted by Gasteiger charge is -2.24. The van der Waals surface area contributed by atoms with Crippen molar-refractivity contribution in [3.05, 3.63) is 0 Å². The molecule has 0 amide bonds. The lowest BCUT2D eigenvalue weighted by molar-refractivity contribution is -0.127. The molecule has 68 valence electrons. The number of rotatable bonds is 2. The quantitative estimate of drug-likeness (QED) is 0.598. The van der Waals surface area contributed by atoms with Crippen molar-refractivity contribution in [1.82, 2.24) is 10.6 Å². The zero-order valence-electron chi connectivity index (χ0n) is 7.52. The Labute approximate surface area is 72.9 Å². The SMILES string of the molecule is CCC(=O)C12CNCC1CNC2. The standard InChI is InChI=1S/C9H16N2O/c1-2-8(12)9-5-10-3-7(9)4-11-6-9/h7,10-11H,2-6H2,1H3. The van der Waals surface area contributed by atoms with Gasteiger partial charge in [-0.15, -0.1) is 0 Å². The Morgan fingerprint density at radius 3 is 2.50 bits per heavy atom. The van der Waals surface area contributed by atoms with Crippen LogP contribution < -0.4 is 10.6 Å². The number of carbonyl (C=O) groups is 1. The van der Waals surface area contributed by atoms with Gasteiger partial charge in [0.2, 0.25) is 0 Å². The summed E-state index contributed by atoms with van der Waals surface area (Å²) in [6.45, 7) is 5.76. The fraction of sp³-hybridized carbons (Fsp3) is 0.889. The van der Waals surface area contributed by atoms with Crippen molar-refractivity contribution in [3.8, 4) is 0 Å². The van der Waals surface area contributed by atoms with Gasteiger partial charge in [0.15, 0.2) is 0 Å². The van der Waals surface area contributed by atoms with E-state index in [0.717, 1.165) is 26.2 Å². The van der Waals surface area contributed by atoms with E-state index in [1.807, 2.05) is 6.92 Å². The highest BCUT2D eigenvalue weighted by atomic mass is 16.1. The number of Topliss-reactive ketones (excluding diaryl/α,β-unsaturated/α-hetero) is 1. The number of ketones is 1. The molecule has 3 nitrogen and oxygen atoms in total. The zero-order chi connectivity index (χ0) is 8.60. The van der Waals surface area contributed by atoms with Crippen LogP contribution in [0.1, 0.15) is 13.3 Å². The number of hydrogen-bond donors (Lipinski definition) is 2. The van der Waals surface area contributed by atoms with E-state index in [9.17, 15) is 4.79 Å². The maximum atomic E-state index is 11.7. The lowest BCUT2D eigenvalue weighted by atomic mass is 9.76. The van der Waals surface area contributed by atoms with Gasteiger partial charge in [0.25, 0.3) is 0 Å². The van der Waals surface area contributed by atoms with Gasteiger partial charge >= 0.3 is 0 Å². The summed E-state index contributed by atoms with van der Waals surface area (Å²) in [5.41, 5.74) is -0.0469. The zero-order valence-corrected chi connectivity index (χ0v) is 7.52. The van der Waals surface area contributed by atoms with E-state index in [2.05, 4.69) is 10.6 Å². The number of fused-ring (bicyclic) bond motifs is 1. The molecule has 0 aromatic rings. The minimum Gasteiger partial charge on any atom is -0.315 e. The normalized spacial score (nSPS) is 39.9. The third kappa shape index (κ3) is 0.930. The first-order valence-electron chi connectivity index (χ1n) is 4.74. The van der Waals surface area contributed by atoms with Crippen LogP contribution in [0.2, 0.25) is 0 Å². The van der Waals surface area contributed by atoms with Crippen LogP contribution in [0, 0.1) is 11.3 Å². The molecule has 0 spiro atoms. The van der Waals surface area contributed by atoms with Gasteiger partial charge in [-0.25, -0.2) is 0 Å². The van der Waals surface area contributed by atoms with Crippen LogP contribution in [0.4, 0.5) is 0 Å². The number of hydrogen-bond acceptors (Lipinski definition) is 3.